The minimum absolute atomic E-state index is 0.175. The van der Waals surface area contributed by atoms with E-state index in [1.54, 1.807) is 7.11 Å². The number of carbonyl (C=O) groups excluding carboxylic acids is 1. The quantitative estimate of drug-likeness (QED) is 0.822. The maximum Gasteiger partial charge on any atom is 0.315 e. The van der Waals surface area contributed by atoms with Crippen LogP contribution in [0.15, 0.2) is 48.5 Å². The topological polar surface area (TPSA) is 53.6 Å². The summed E-state index contributed by atoms with van der Waals surface area (Å²) in [6.45, 7) is 1.03. The molecule has 0 atom stereocenters. The van der Waals surface area contributed by atoms with Gasteiger partial charge in [-0.3, -0.25) is 0 Å². The summed E-state index contributed by atoms with van der Waals surface area (Å²) in [5, 5.41) is 5.72. The number of anilines is 1. The van der Waals surface area contributed by atoms with Gasteiger partial charge in [0.25, 0.3) is 0 Å². The minimum atomic E-state index is -0.175. The molecule has 0 bridgehead atoms. The van der Waals surface area contributed by atoms with Crippen LogP contribution in [-0.4, -0.2) is 33.8 Å². The molecule has 2 aromatic carbocycles. The molecule has 0 heterocycles. The predicted octanol–water partition coefficient (Wildman–Crippen LogP) is 2.80. The molecule has 0 unspecified atom stereocenters. The Balaban J connectivity index is 1.73. The van der Waals surface area contributed by atoms with E-state index in [-0.39, 0.29) is 6.03 Å². The van der Waals surface area contributed by atoms with E-state index in [2.05, 4.69) is 39.8 Å². The van der Waals surface area contributed by atoms with Crippen LogP contribution in [0, 0.1) is 0 Å². The molecule has 0 aromatic heterocycles. The smallest absolute Gasteiger partial charge is 0.315 e. The molecule has 2 aromatic rings. The van der Waals surface area contributed by atoms with Crippen LogP contribution in [-0.2, 0) is 13.0 Å². The number of benzene rings is 2. The molecule has 0 radical (unpaired) electrons. The van der Waals surface area contributed by atoms with Crippen molar-refractivity contribution in [1.82, 2.24) is 10.6 Å². The van der Waals surface area contributed by atoms with Gasteiger partial charge < -0.3 is 20.3 Å². The number of ether oxygens (including phenoxy) is 1. The van der Waals surface area contributed by atoms with Crippen molar-refractivity contribution < 1.29 is 9.53 Å². The number of methoxy groups -OCH3 is 1. The Kier molecular flexibility index (Phi) is 6.49. The van der Waals surface area contributed by atoms with Gasteiger partial charge in [-0.05, 0) is 30.2 Å². The summed E-state index contributed by atoms with van der Waals surface area (Å²) in [4.78, 5) is 13.9. The third kappa shape index (κ3) is 5.19. The molecule has 0 fully saturated rings. The summed E-state index contributed by atoms with van der Waals surface area (Å²) in [5.74, 6) is 0.777. The standard InChI is InChI=1S/C19H25N3O2/c1-22(2)17-10-8-15(9-11-17)12-13-20-19(23)21-14-16-6-4-5-7-18(16)24-3/h4-11H,12-14H2,1-3H3,(H2,20,21,23). The fourth-order valence-electron chi connectivity index (χ4n) is 2.37. The summed E-state index contributed by atoms with van der Waals surface area (Å²) in [5.41, 5.74) is 3.32. The van der Waals surface area contributed by atoms with Crippen LogP contribution >= 0.6 is 0 Å². The Bertz CT molecular complexity index is 654. The maximum absolute atomic E-state index is 11.9. The van der Waals surface area contributed by atoms with E-state index in [1.807, 2.05) is 38.4 Å². The first kappa shape index (κ1) is 17.7. The molecular formula is C19H25N3O2. The van der Waals surface area contributed by atoms with Crippen LogP contribution in [0.2, 0.25) is 0 Å². The fourth-order valence-corrected chi connectivity index (χ4v) is 2.37. The van der Waals surface area contributed by atoms with Crippen LogP contribution in [0.1, 0.15) is 11.1 Å². The summed E-state index contributed by atoms with van der Waals surface area (Å²) in [7, 11) is 5.66. The molecule has 0 aliphatic rings. The Morgan fingerprint density at radius 1 is 1.04 bits per heavy atom. The summed E-state index contributed by atoms with van der Waals surface area (Å²) < 4.78 is 5.27. The molecule has 2 N–H and O–H groups in total. The van der Waals surface area contributed by atoms with Crippen LogP contribution in [0.4, 0.5) is 10.5 Å². The highest BCUT2D eigenvalue weighted by molar-refractivity contribution is 5.73. The second kappa shape index (κ2) is 8.82. The Morgan fingerprint density at radius 3 is 2.42 bits per heavy atom. The summed E-state index contributed by atoms with van der Waals surface area (Å²) in [6, 6.07) is 15.8. The number of nitrogens with one attached hydrogen (secondary N) is 2. The van der Waals surface area contributed by atoms with Gasteiger partial charge in [-0.2, -0.15) is 0 Å². The highest BCUT2D eigenvalue weighted by Crippen LogP contribution is 2.16. The lowest BCUT2D eigenvalue weighted by atomic mass is 10.1. The van der Waals surface area contributed by atoms with E-state index in [0.29, 0.717) is 13.1 Å². The lowest BCUT2D eigenvalue weighted by molar-refractivity contribution is 0.240. The molecule has 0 saturated carbocycles. The number of nitrogens with zero attached hydrogens (tertiary/aromatic N) is 1. The second-order valence-electron chi connectivity index (χ2n) is 5.73. The summed E-state index contributed by atoms with van der Waals surface area (Å²) in [6.07, 6.45) is 0.801. The van der Waals surface area contributed by atoms with E-state index in [0.717, 1.165) is 17.7 Å². The largest absolute Gasteiger partial charge is 0.496 e. The molecule has 5 nitrogen and oxygen atoms in total. The fraction of sp³-hybridized carbons (Fsp3) is 0.316. The van der Waals surface area contributed by atoms with Crippen molar-refractivity contribution in [2.24, 2.45) is 0 Å². The second-order valence-corrected chi connectivity index (χ2v) is 5.73. The normalized spacial score (nSPS) is 10.1. The number of rotatable bonds is 7. The van der Waals surface area contributed by atoms with Crippen molar-refractivity contribution in [2.75, 3.05) is 32.6 Å². The van der Waals surface area contributed by atoms with Crippen molar-refractivity contribution >= 4 is 11.7 Å². The van der Waals surface area contributed by atoms with Gasteiger partial charge in [0.1, 0.15) is 5.75 Å². The van der Waals surface area contributed by atoms with Crippen molar-refractivity contribution in [1.29, 1.82) is 0 Å². The zero-order valence-electron chi connectivity index (χ0n) is 14.5. The highest BCUT2D eigenvalue weighted by Gasteiger charge is 2.04. The Morgan fingerprint density at radius 2 is 1.75 bits per heavy atom. The van der Waals surface area contributed by atoms with Gasteiger partial charge in [0.15, 0.2) is 0 Å². The molecule has 0 aliphatic carbocycles. The zero-order valence-corrected chi connectivity index (χ0v) is 14.5. The Labute approximate surface area is 143 Å². The van der Waals surface area contributed by atoms with Gasteiger partial charge >= 0.3 is 6.03 Å². The first-order chi connectivity index (χ1) is 11.6. The van der Waals surface area contributed by atoms with Gasteiger partial charge in [0, 0.05) is 38.4 Å². The lowest BCUT2D eigenvalue weighted by Gasteiger charge is -2.13. The molecule has 128 valence electrons. The van der Waals surface area contributed by atoms with Crippen LogP contribution < -0.4 is 20.3 Å². The SMILES string of the molecule is COc1ccccc1CNC(=O)NCCc1ccc(N(C)C)cc1. The average molecular weight is 327 g/mol. The molecule has 2 amide bonds. The average Bonchev–Trinajstić information content (AvgIpc) is 2.60. The summed E-state index contributed by atoms with van der Waals surface area (Å²) >= 11 is 0. The van der Waals surface area contributed by atoms with E-state index in [9.17, 15) is 4.79 Å². The van der Waals surface area contributed by atoms with E-state index >= 15 is 0 Å². The third-order valence-electron chi connectivity index (χ3n) is 3.78. The van der Waals surface area contributed by atoms with Gasteiger partial charge in [-0.1, -0.05) is 30.3 Å². The van der Waals surface area contributed by atoms with Gasteiger partial charge in [-0.25, -0.2) is 4.79 Å². The van der Waals surface area contributed by atoms with E-state index in [1.165, 1.54) is 11.3 Å². The molecule has 2 rings (SSSR count). The van der Waals surface area contributed by atoms with Crippen LogP contribution in [0.5, 0.6) is 5.75 Å². The van der Waals surface area contributed by atoms with Gasteiger partial charge in [-0.15, -0.1) is 0 Å². The first-order valence-corrected chi connectivity index (χ1v) is 8.00. The van der Waals surface area contributed by atoms with E-state index < -0.39 is 0 Å². The zero-order chi connectivity index (χ0) is 17.4. The molecule has 0 aliphatic heterocycles. The van der Waals surface area contributed by atoms with Gasteiger partial charge in [0.2, 0.25) is 0 Å². The lowest BCUT2D eigenvalue weighted by Crippen LogP contribution is -2.36. The number of hydrogen-bond acceptors (Lipinski definition) is 3. The molecule has 24 heavy (non-hydrogen) atoms. The van der Waals surface area contributed by atoms with Crippen molar-refractivity contribution in [3.05, 3.63) is 59.7 Å². The van der Waals surface area contributed by atoms with Crippen molar-refractivity contribution in [3.63, 3.8) is 0 Å². The number of carbonyl (C=O) groups is 1. The van der Waals surface area contributed by atoms with Gasteiger partial charge in [0.05, 0.1) is 7.11 Å². The van der Waals surface area contributed by atoms with E-state index in [4.69, 9.17) is 4.74 Å². The molecular weight excluding hydrogens is 302 g/mol. The van der Waals surface area contributed by atoms with Crippen molar-refractivity contribution in [3.8, 4) is 5.75 Å². The van der Waals surface area contributed by atoms with Crippen LogP contribution in [0.25, 0.3) is 0 Å². The number of amides is 2. The molecule has 0 saturated heterocycles. The number of para-hydroxylation sites is 1. The Hall–Kier alpha value is -2.69. The number of hydrogen-bond donors (Lipinski definition) is 2. The van der Waals surface area contributed by atoms with Crippen LogP contribution in [0.3, 0.4) is 0 Å². The predicted molar refractivity (Wildman–Crippen MR) is 97.7 cm³/mol. The third-order valence-corrected chi connectivity index (χ3v) is 3.78. The number of urea groups is 1. The van der Waals surface area contributed by atoms with Crippen molar-refractivity contribution in [2.45, 2.75) is 13.0 Å². The monoisotopic (exact) mass is 327 g/mol. The first-order valence-electron chi connectivity index (χ1n) is 8.00. The minimum Gasteiger partial charge on any atom is -0.496 e. The highest BCUT2D eigenvalue weighted by atomic mass is 16.5. The maximum atomic E-state index is 11.9. The molecule has 0 spiro atoms. The molecule has 5 heteroatoms.